The van der Waals surface area contributed by atoms with Crippen molar-refractivity contribution in [2.75, 3.05) is 24.7 Å². The van der Waals surface area contributed by atoms with Crippen molar-refractivity contribution in [3.05, 3.63) is 0 Å². The monoisotopic (exact) mass is 425 g/mol. The first-order valence-electron chi connectivity index (χ1n) is 7.55. The molecular formula is C12H25O12S2+. The molecule has 0 amide bonds. The van der Waals surface area contributed by atoms with Gasteiger partial charge in [0.15, 0.2) is 17.6 Å². The van der Waals surface area contributed by atoms with Crippen molar-refractivity contribution in [2.24, 2.45) is 0 Å². The van der Waals surface area contributed by atoms with E-state index in [1.54, 1.807) is 0 Å². The average Bonchev–Trinajstić information content (AvgIpc) is 2.89. The zero-order valence-electron chi connectivity index (χ0n) is 13.5. The number of hydrogen-bond donors (Lipinski definition) is 9. The zero-order chi connectivity index (χ0) is 19.9. The summed E-state index contributed by atoms with van der Waals surface area (Å²) in [6.45, 7) is -1.29. The van der Waals surface area contributed by atoms with Gasteiger partial charge in [0.25, 0.3) is 0 Å². The summed E-state index contributed by atoms with van der Waals surface area (Å²) in [4.78, 5) is 0. The van der Waals surface area contributed by atoms with Gasteiger partial charge in [-0.05, 0) is 0 Å². The quantitative estimate of drug-likeness (QED) is 0.0475. The summed E-state index contributed by atoms with van der Waals surface area (Å²) in [7, 11) is -0.841. The minimum absolute atomic E-state index is 0.0278. The van der Waals surface area contributed by atoms with Crippen molar-refractivity contribution in [3.63, 3.8) is 0 Å². The van der Waals surface area contributed by atoms with E-state index in [1.807, 2.05) is 0 Å². The van der Waals surface area contributed by atoms with E-state index < -0.39 is 72.1 Å². The molecule has 26 heavy (non-hydrogen) atoms. The van der Waals surface area contributed by atoms with Crippen LogP contribution >= 0.6 is 12.3 Å². The molecule has 12 nitrogen and oxygen atoms in total. The van der Waals surface area contributed by atoms with Gasteiger partial charge in [0.2, 0.25) is 0 Å². The first kappa shape index (κ1) is 24.3. The first-order valence-corrected chi connectivity index (χ1v) is 9.84. The van der Waals surface area contributed by atoms with E-state index in [0.717, 1.165) is 0 Å². The van der Waals surface area contributed by atoms with E-state index in [1.165, 1.54) is 0 Å². The van der Waals surface area contributed by atoms with Gasteiger partial charge < -0.3 is 40.9 Å². The lowest BCUT2D eigenvalue weighted by Crippen LogP contribution is -2.52. The van der Waals surface area contributed by atoms with Crippen LogP contribution in [0.4, 0.5) is 0 Å². The van der Waals surface area contributed by atoms with Crippen LogP contribution in [0.15, 0.2) is 0 Å². The third kappa shape index (κ3) is 6.39. The Morgan fingerprint density at radius 3 is 2.23 bits per heavy atom. The van der Waals surface area contributed by atoms with Gasteiger partial charge in [0, 0.05) is 10.9 Å². The standard InChI is InChI=1S/C12H24O12S2/c13-1-5(15)10(19)11(20)12(22-25-24-23-21)7(17)4-26-3-6(16)9(18)8(26)2-14/h5-20H,1-4H2/p+1/t5?,6-,7-,8-,9+,10+,11+,12?,26?/m1/s1. The number of rotatable bonds is 12. The van der Waals surface area contributed by atoms with Crippen LogP contribution < -0.4 is 0 Å². The van der Waals surface area contributed by atoms with E-state index in [-0.39, 0.29) is 23.8 Å². The highest BCUT2D eigenvalue weighted by atomic mass is 32.2. The van der Waals surface area contributed by atoms with Gasteiger partial charge in [-0.15, -0.1) is 4.33 Å². The van der Waals surface area contributed by atoms with Crippen LogP contribution in [0.1, 0.15) is 0 Å². The summed E-state index contributed by atoms with van der Waals surface area (Å²) >= 11 is 0.0278. The van der Waals surface area contributed by atoms with Gasteiger partial charge in [0.05, 0.1) is 13.2 Å². The normalized spacial score (nSPS) is 32.2. The molecule has 0 aromatic carbocycles. The predicted molar refractivity (Wildman–Crippen MR) is 88.4 cm³/mol. The van der Waals surface area contributed by atoms with Gasteiger partial charge in [-0.1, -0.05) is 5.04 Å². The maximum Gasteiger partial charge on any atom is 0.198 e. The summed E-state index contributed by atoms with van der Waals surface area (Å²) in [5, 5.41) is 88.2. The number of aliphatic hydroxyl groups excluding tert-OH is 8. The molecule has 1 saturated heterocycles. The van der Waals surface area contributed by atoms with Crippen LogP contribution in [0.2, 0.25) is 0 Å². The Morgan fingerprint density at radius 2 is 1.69 bits per heavy atom. The highest BCUT2D eigenvalue weighted by Crippen LogP contribution is 2.27. The van der Waals surface area contributed by atoms with Crippen molar-refractivity contribution in [1.82, 2.24) is 0 Å². The molecule has 14 heteroatoms. The third-order valence-corrected chi connectivity index (χ3v) is 7.25. The lowest BCUT2D eigenvalue weighted by Gasteiger charge is -2.30. The van der Waals surface area contributed by atoms with Crippen LogP contribution in [0, 0.1) is 0 Å². The minimum atomic E-state index is -1.88. The van der Waals surface area contributed by atoms with Crippen LogP contribution in [0.25, 0.3) is 0 Å². The van der Waals surface area contributed by atoms with Crippen LogP contribution in [0.3, 0.4) is 0 Å². The van der Waals surface area contributed by atoms with Gasteiger partial charge in [-0.2, -0.15) is 0 Å². The molecular weight excluding hydrogens is 400 g/mol. The van der Waals surface area contributed by atoms with Crippen molar-refractivity contribution < 1.29 is 59.7 Å². The van der Waals surface area contributed by atoms with Crippen molar-refractivity contribution >= 4 is 23.2 Å². The van der Waals surface area contributed by atoms with E-state index >= 15 is 0 Å². The largest absolute Gasteiger partial charge is 0.394 e. The number of hydrogen-bond acceptors (Lipinski definition) is 13. The summed E-state index contributed by atoms with van der Waals surface area (Å²) in [5.74, 6) is -0.0129. The molecule has 0 radical (unpaired) electrons. The zero-order valence-corrected chi connectivity index (χ0v) is 15.1. The molecule has 0 bridgehead atoms. The van der Waals surface area contributed by atoms with E-state index in [2.05, 4.69) is 9.37 Å². The highest BCUT2D eigenvalue weighted by Gasteiger charge is 2.51. The van der Waals surface area contributed by atoms with E-state index in [4.69, 9.17) is 14.5 Å². The predicted octanol–water partition coefficient (Wildman–Crippen LogP) is -4.49. The molecule has 0 aromatic heterocycles. The van der Waals surface area contributed by atoms with Gasteiger partial charge in [-0.3, -0.25) is 4.18 Å². The Balaban J connectivity index is 2.81. The Morgan fingerprint density at radius 1 is 1.04 bits per heavy atom. The van der Waals surface area contributed by atoms with Crippen molar-refractivity contribution in [2.45, 2.75) is 48.0 Å². The fourth-order valence-electron chi connectivity index (χ4n) is 2.56. The van der Waals surface area contributed by atoms with Crippen LogP contribution in [0.5, 0.6) is 0 Å². The lowest BCUT2D eigenvalue weighted by atomic mass is 10.0. The van der Waals surface area contributed by atoms with Crippen LogP contribution in [-0.4, -0.2) is 119 Å². The lowest BCUT2D eigenvalue weighted by molar-refractivity contribution is -0.434. The van der Waals surface area contributed by atoms with Crippen LogP contribution in [-0.2, 0) is 24.5 Å². The van der Waals surface area contributed by atoms with E-state index in [9.17, 15) is 35.7 Å². The molecule has 3 unspecified atom stereocenters. The second kappa shape index (κ2) is 11.9. The molecule has 1 fully saturated rings. The first-order chi connectivity index (χ1) is 12.3. The minimum Gasteiger partial charge on any atom is -0.394 e. The molecule has 156 valence electrons. The van der Waals surface area contributed by atoms with E-state index in [0.29, 0.717) is 0 Å². The van der Waals surface area contributed by atoms with Crippen molar-refractivity contribution in [1.29, 1.82) is 0 Å². The molecule has 1 aliphatic rings. The molecule has 1 heterocycles. The third-order valence-electron chi connectivity index (χ3n) is 4.01. The molecule has 9 N–H and O–H groups in total. The maximum atomic E-state index is 10.4. The summed E-state index contributed by atoms with van der Waals surface area (Å²) in [5.41, 5.74) is 0. The molecule has 1 rings (SSSR count). The molecule has 0 aliphatic carbocycles. The average molecular weight is 425 g/mol. The molecule has 0 saturated carbocycles. The second-order valence-corrected chi connectivity index (χ2v) is 8.53. The van der Waals surface area contributed by atoms with Crippen molar-refractivity contribution in [3.8, 4) is 0 Å². The van der Waals surface area contributed by atoms with Gasteiger partial charge in [0.1, 0.15) is 54.2 Å². The Labute approximate surface area is 156 Å². The fourth-order valence-corrected chi connectivity index (χ4v) is 5.63. The van der Waals surface area contributed by atoms with Gasteiger partial charge >= 0.3 is 0 Å². The highest BCUT2D eigenvalue weighted by molar-refractivity contribution is 7.97. The summed E-state index contributed by atoms with van der Waals surface area (Å²) in [6, 6.07) is 0. The molecule has 9 atom stereocenters. The Hall–Kier alpha value is 0.220. The SMILES string of the molecule is OCC(O)[C@H](O)[C@H](O)C(OSOOO)[C@H](O)C[S+]1C[C@@H](O)[C@H](O)[C@H]1CO. The molecule has 0 spiro atoms. The summed E-state index contributed by atoms with van der Waals surface area (Å²) in [6.07, 6.45) is -10.8. The second-order valence-electron chi connectivity index (χ2n) is 5.72. The molecule has 1 aliphatic heterocycles. The topological polar surface area (TPSA) is 210 Å². The Bertz CT molecular complexity index is 393. The fraction of sp³-hybridized carbons (Fsp3) is 1.00. The summed E-state index contributed by atoms with van der Waals surface area (Å²) < 4.78 is 8.92. The number of aliphatic hydroxyl groups is 8. The smallest absolute Gasteiger partial charge is 0.198 e. The van der Waals surface area contributed by atoms with Gasteiger partial charge in [-0.25, -0.2) is 5.26 Å². The Kier molecular flexibility index (Phi) is 11.1. The molecule has 0 aromatic rings. The maximum absolute atomic E-state index is 10.4.